The molecule has 3 aromatic carbocycles. The van der Waals surface area contributed by atoms with E-state index >= 15 is 0 Å². The zero-order valence-corrected chi connectivity index (χ0v) is 20.1. The summed E-state index contributed by atoms with van der Waals surface area (Å²) in [6.45, 7) is 0.882. The molecular formula is C26H22BrF2NO4. The molecule has 34 heavy (non-hydrogen) atoms. The van der Waals surface area contributed by atoms with Crippen molar-refractivity contribution in [3.05, 3.63) is 87.9 Å². The maximum absolute atomic E-state index is 12.9. The van der Waals surface area contributed by atoms with Crippen LogP contribution in [-0.2, 0) is 16.1 Å². The van der Waals surface area contributed by atoms with Crippen LogP contribution in [0.4, 0.5) is 8.78 Å². The molecule has 0 heterocycles. The molecule has 3 aromatic rings. The Balaban J connectivity index is 1.68. The normalized spacial score (nSPS) is 11.7. The number of hydrogen-bond donors (Lipinski definition) is 0. The number of halogens is 3. The van der Waals surface area contributed by atoms with E-state index in [0.29, 0.717) is 28.2 Å². The molecule has 0 spiro atoms. The van der Waals surface area contributed by atoms with E-state index in [2.05, 4.69) is 26.7 Å². The van der Waals surface area contributed by atoms with E-state index in [4.69, 9.17) is 9.47 Å². The van der Waals surface area contributed by atoms with Crippen LogP contribution in [-0.4, -0.2) is 12.6 Å². The highest BCUT2D eigenvalue weighted by molar-refractivity contribution is 9.10. The minimum atomic E-state index is -2.91. The lowest BCUT2D eigenvalue weighted by molar-refractivity contribution is -0.148. The third kappa shape index (κ3) is 6.78. The number of esters is 1. The van der Waals surface area contributed by atoms with Crippen molar-refractivity contribution in [2.45, 2.75) is 33.0 Å². The maximum atomic E-state index is 12.9. The van der Waals surface area contributed by atoms with Crippen LogP contribution in [0.3, 0.4) is 0 Å². The second-order valence-electron chi connectivity index (χ2n) is 7.78. The van der Waals surface area contributed by atoms with Gasteiger partial charge in [-0.25, -0.2) is 0 Å². The molecule has 0 saturated carbocycles. The van der Waals surface area contributed by atoms with Crippen LogP contribution >= 0.6 is 15.9 Å². The summed E-state index contributed by atoms with van der Waals surface area (Å²) in [6.07, 6.45) is 0. The summed E-state index contributed by atoms with van der Waals surface area (Å²) in [4.78, 5) is 12.9. The Morgan fingerprint density at radius 3 is 2.41 bits per heavy atom. The zero-order valence-electron chi connectivity index (χ0n) is 18.5. The van der Waals surface area contributed by atoms with Gasteiger partial charge in [-0.3, -0.25) is 4.79 Å². The Labute approximate surface area is 205 Å². The largest absolute Gasteiger partial charge is 0.460 e. The van der Waals surface area contributed by atoms with Crippen molar-refractivity contribution < 1.29 is 27.8 Å². The second-order valence-corrected chi connectivity index (χ2v) is 8.69. The SMILES string of the molecule is CC(C)C(C(=O)OCc1cccc(Oc2ccc(Br)cc2C#N)c1)c1ccc(OC(F)F)cc1. The third-order valence-electron chi connectivity index (χ3n) is 4.95. The van der Waals surface area contributed by atoms with Gasteiger partial charge in [-0.15, -0.1) is 0 Å². The molecule has 0 amide bonds. The number of nitrogens with zero attached hydrogens (tertiary/aromatic N) is 1. The van der Waals surface area contributed by atoms with Crippen molar-refractivity contribution in [3.63, 3.8) is 0 Å². The van der Waals surface area contributed by atoms with Gasteiger partial charge in [0.1, 0.15) is 29.9 Å². The van der Waals surface area contributed by atoms with Crippen molar-refractivity contribution in [3.8, 4) is 23.3 Å². The highest BCUT2D eigenvalue weighted by Gasteiger charge is 2.26. The van der Waals surface area contributed by atoms with Gasteiger partial charge in [-0.1, -0.05) is 54.0 Å². The van der Waals surface area contributed by atoms with Gasteiger partial charge in [0.05, 0.1) is 11.5 Å². The van der Waals surface area contributed by atoms with E-state index in [1.54, 1.807) is 54.6 Å². The fourth-order valence-electron chi connectivity index (χ4n) is 3.40. The molecule has 1 atom stereocenters. The first-order valence-electron chi connectivity index (χ1n) is 10.4. The van der Waals surface area contributed by atoms with Gasteiger partial charge in [0.25, 0.3) is 0 Å². The summed E-state index contributed by atoms with van der Waals surface area (Å²) in [5, 5.41) is 9.32. The smallest absolute Gasteiger partial charge is 0.387 e. The summed E-state index contributed by atoms with van der Waals surface area (Å²) >= 11 is 3.33. The minimum absolute atomic E-state index is 0.0248. The first-order valence-corrected chi connectivity index (χ1v) is 11.2. The summed E-state index contributed by atoms with van der Waals surface area (Å²) in [6, 6.07) is 20.3. The van der Waals surface area contributed by atoms with E-state index in [1.165, 1.54) is 12.1 Å². The first-order chi connectivity index (χ1) is 16.3. The fourth-order valence-corrected chi connectivity index (χ4v) is 3.76. The molecule has 0 aliphatic rings. The Morgan fingerprint density at radius 1 is 1.03 bits per heavy atom. The number of carbonyl (C=O) groups excluding carboxylic acids is 1. The Morgan fingerprint density at radius 2 is 1.76 bits per heavy atom. The quantitative estimate of drug-likeness (QED) is 0.274. The van der Waals surface area contributed by atoms with Gasteiger partial charge in [0.2, 0.25) is 0 Å². The first kappa shape index (κ1) is 25.2. The molecule has 1 unspecified atom stereocenters. The molecule has 0 fully saturated rings. The molecule has 0 radical (unpaired) electrons. The van der Waals surface area contributed by atoms with Gasteiger partial charge in [-0.2, -0.15) is 14.0 Å². The number of rotatable bonds is 9. The highest BCUT2D eigenvalue weighted by atomic mass is 79.9. The van der Waals surface area contributed by atoms with Crippen LogP contribution in [0.25, 0.3) is 0 Å². The van der Waals surface area contributed by atoms with Crippen molar-refractivity contribution in [2.75, 3.05) is 0 Å². The zero-order chi connectivity index (χ0) is 24.7. The predicted octanol–water partition coefficient (Wildman–Crippen LogP) is 7.20. The summed E-state index contributed by atoms with van der Waals surface area (Å²) in [5.74, 6) is -0.131. The van der Waals surface area contributed by atoms with Crippen LogP contribution in [0.5, 0.6) is 17.2 Å². The van der Waals surface area contributed by atoms with Gasteiger partial charge < -0.3 is 14.2 Å². The number of nitriles is 1. The van der Waals surface area contributed by atoms with Gasteiger partial charge in [0.15, 0.2) is 0 Å². The highest BCUT2D eigenvalue weighted by Crippen LogP contribution is 2.30. The standard InChI is InChI=1S/C26H22BrF2NO4/c1-16(2)24(18-6-9-21(10-7-18)34-26(28)29)25(31)32-15-17-4-3-5-22(12-17)33-23-11-8-20(27)13-19(23)14-30/h3-13,16,24,26H,15H2,1-2H3. The van der Waals surface area contributed by atoms with E-state index in [0.717, 1.165) is 4.47 Å². The van der Waals surface area contributed by atoms with E-state index in [1.807, 2.05) is 13.8 Å². The van der Waals surface area contributed by atoms with Crippen molar-refractivity contribution in [1.82, 2.24) is 0 Å². The molecule has 3 rings (SSSR count). The topological polar surface area (TPSA) is 68.5 Å². The van der Waals surface area contributed by atoms with Gasteiger partial charge in [0, 0.05) is 4.47 Å². The van der Waals surface area contributed by atoms with E-state index < -0.39 is 18.5 Å². The molecular weight excluding hydrogens is 508 g/mol. The maximum Gasteiger partial charge on any atom is 0.387 e. The molecule has 5 nitrogen and oxygen atoms in total. The lowest BCUT2D eigenvalue weighted by Crippen LogP contribution is -2.21. The molecule has 176 valence electrons. The number of benzene rings is 3. The Hall–Kier alpha value is -3.44. The number of hydrogen-bond acceptors (Lipinski definition) is 5. The lowest BCUT2D eigenvalue weighted by Gasteiger charge is -2.20. The van der Waals surface area contributed by atoms with Crippen LogP contribution in [0, 0.1) is 17.2 Å². The number of ether oxygens (including phenoxy) is 3. The monoisotopic (exact) mass is 529 g/mol. The number of carbonyl (C=O) groups is 1. The van der Waals surface area contributed by atoms with Crippen LogP contribution in [0.2, 0.25) is 0 Å². The predicted molar refractivity (Wildman–Crippen MR) is 126 cm³/mol. The summed E-state index contributed by atoms with van der Waals surface area (Å²) in [7, 11) is 0. The van der Waals surface area contributed by atoms with Crippen LogP contribution in [0.15, 0.2) is 71.2 Å². The fraction of sp³-hybridized carbons (Fsp3) is 0.231. The average Bonchev–Trinajstić information content (AvgIpc) is 2.80. The molecule has 0 N–H and O–H groups in total. The van der Waals surface area contributed by atoms with Crippen LogP contribution < -0.4 is 9.47 Å². The third-order valence-corrected chi connectivity index (χ3v) is 5.45. The van der Waals surface area contributed by atoms with E-state index in [9.17, 15) is 18.8 Å². The lowest BCUT2D eigenvalue weighted by atomic mass is 9.88. The Kier molecular flexibility index (Phi) is 8.61. The van der Waals surface area contributed by atoms with Crippen molar-refractivity contribution in [1.29, 1.82) is 5.26 Å². The van der Waals surface area contributed by atoms with Gasteiger partial charge in [-0.05, 0) is 59.5 Å². The molecule has 0 aliphatic heterocycles. The molecule has 8 heteroatoms. The van der Waals surface area contributed by atoms with Gasteiger partial charge >= 0.3 is 12.6 Å². The molecule has 0 aromatic heterocycles. The van der Waals surface area contributed by atoms with E-state index in [-0.39, 0.29) is 18.3 Å². The molecule has 0 saturated heterocycles. The summed E-state index contributed by atoms with van der Waals surface area (Å²) in [5.41, 5.74) is 1.75. The molecule has 0 aliphatic carbocycles. The minimum Gasteiger partial charge on any atom is -0.460 e. The second kappa shape index (κ2) is 11.6. The Bertz CT molecular complexity index is 1180. The van der Waals surface area contributed by atoms with Crippen molar-refractivity contribution in [2.24, 2.45) is 5.92 Å². The average molecular weight is 530 g/mol. The summed E-state index contributed by atoms with van der Waals surface area (Å²) < 4.78 is 41.3. The molecule has 0 bridgehead atoms. The number of alkyl halides is 2. The van der Waals surface area contributed by atoms with Crippen molar-refractivity contribution >= 4 is 21.9 Å². The van der Waals surface area contributed by atoms with Crippen LogP contribution in [0.1, 0.15) is 36.5 Å².